The molecule has 1 aromatic carbocycles. The Bertz CT molecular complexity index is 1150. The zero-order valence-electron chi connectivity index (χ0n) is 14.5. The first-order valence-corrected chi connectivity index (χ1v) is 8.89. The summed E-state index contributed by atoms with van der Waals surface area (Å²) in [7, 11) is 0. The fraction of sp³-hybridized carbons (Fsp3) is 0.0909. The minimum Gasteiger partial charge on any atom is -0.457 e. The molecule has 1 amide bonds. The lowest BCUT2D eigenvalue weighted by Gasteiger charge is -2.10. The molecule has 3 aromatic heterocycles. The van der Waals surface area contributed by atoms with Gasteiger partial charge in [0.25, 0.3) is 5.91 Å². The lowest BCUT2D eigenvalue weighted by molar-refractivity contribution is 0.0946. The number of pyridine rings is 1. The summed E-state index contributed by atoms with van der Waals surface area (Å²) in [4.78, 5) is 19.7. The van der Waals surface area contributed by atoms with E-state index in [2.05, 4.69) is 15.3 Å². The first kappa shape index (κ1) is 15.6. The van der Waals surface area contributed by atoms with Crippen LogP contribution in [0, 0.1) is 0 Å². The van der Waals surface area contributed by atoms with E-state index < -0.39 is 0 Å². The predicted octanol–water partition coefficient (Wildman–Crippen LogP) is 4.28. The van der Waals surface area contributed by atoms with Crippen molar-refractivity contribution >= 4 is 29.0 Å². The summed E-state index contributed by atoms with van der Waals surface area (Å²) < 4.78 is 5.81. The average molecular weight is 355 g/mol. The Morgan fingerprint density at radius 2 is 2.00 bits per heavy atom. The van der Waals surface area contributed by atoms with Gasteiger partial charge in [-0.15, -0.1) is 0 Å². The highest BCUT2D eigenvalue weighted by Gasteiger charge is 2.19. The van der Waals surface area contributed by atoms with Gasteiger partial charge in [0.15, 0.2) is 0 Å². The van der Waals surface area contributed by atoms with E-state index in [1.165, 1.54) is 0 Å². The minimum atomic E-state index is -0.0159. The second-order valence-corrected chi connectivity index (χ2v) is 6.57. The molecule has 5 rings (SSSR count). The van der Waals surface area contributed by atoms with Crippen LogP contribution in [0.25, 0.3) is 34.4 Å². The number of aromatic nitrogens is 2. The second kappa shape index (κ2) is 6.29. The number of hydrogen-bond donors (Lipinski definition) is 2. The minimum absolute atomic E-state index is 0.0159. The number of carbonyl (C=O) groups excluding carboxylic acids is 1. The Morgan fingerprint density at radius 1 is 1.07 bits per heavy atom. The Hall–Kier alpha value is -3.60. The number of nitrogens with one attached hydrogen (secondary N) is 2. The highest BCUT2D eigenvalue weighted by Crippen LogP contribution is 2.25. The molecular weight excluding hydrogens is 338 g/mol. The first-order valence-electron chi connectivity index (χ1n) is 8.89. The van der Waals surface area contributed by atoms with Gasteiger partial charge in [0.05, 0.1) is 11.3 Å². The number of aromatic amines is 1. The maximum absolute atomic E-state index is 12.0. The van der Waals surface area contributed by atoms with Crippen molar-refractivity contribution in [1.82, 2.24) is 15.3 Å². The molecular formula is C22H17N3O2. The number of rotatable bonds is 3. The summed E-state index contributed by atoms with van der Waals surface area (Å²) in [5, 5.41) is 3.95. The number of carbonyl (C=O) groups is 1. The molecule has 0 aliphatic carbocycles. The lowest BCUT2D eigenvalue weighted by Crippen LogP contribution is -2.31. The van der Waals surface area contributed by atoms with Crippen molar-refractivity contribution in [3.63, 3.8) is 0 Å². The number of nitrogens with zero attached hydrogens (tertiary/aromatic N) is 1. The number of fused-ring (bicyclic) bond motifs is 2. The Balaban J connectivity index is 1.44. The van der Waals surface area contributed by atoms with Crippen LogP contribution in [0.4, 0.5) is 0 Å². The van der Waals surface area contributed by atoms with Gasteiger partial charge >= 0.3 is 0 Å². The van der Waals surface area contributed by atoms with E-state index in [0.717, 1.165) is 51.4 Å². The SMILES string of the molecule is O=C1NCCc2[nH]c(-c3ccnc(C=Cc4cc5ccccc5o4)c3)cc21. The predicted molar refractivity (Wildman–Crippen MR) is 105 cm³/mol. The van der Waals surface area contributed by atoms with Crippen LogP contribution in [0.15, 0.2) is 59.1 Å². The Morgan fingerprint density at radius 3 is 2.89 bits per heavy atom. The lowest BCUT2D eigenvalue weighted by atomic mass is 10.1. The standard InChI is InChI=1S/C22H17N3O2/c26-22-18-13-20(25-19(18)8-10-24-22)14-7-9-23-16(11-14)5-6-17-12-15-3-1-2-4-21(15)27-17/h1-7,9,11-13,25H,8,10H2,(H,24,26). The number of furan rings is 1. The van der Waals surface area contributed by atoms with Gasteiger partial charge in [-0.25, -0.2) is 0 Å². The largest absolute Gasteiger partial charge is 0.457 e. The summed E-state index contributed by atoms with van der Waals surface area (Å²) in [6, 6.07) is 15.8. The molecule has 5 nitrogen and oxygen atoms in total. The Labute approximate surface area is 155 Å². The van der Waals surface area contributed by atoms with Crippen molar-refractivity contribution in [2.24, 2.45) is 0 Å². The van der Waals surface area contributed by atoms with Crippen LogP contribution in [-0.2, 0) is 6.42 Å². The number of amides is 1. The van der Waals surface area contributed by atoms with Crippen LogP contribution in [0.3, 0.4) is 0 Å². The van der Waals surface area contributed by atoms with Crippen molar-refractivity contribution in [2.75, 3.05) is 6.54 Å². The fourth-order valence-corrected chi connectivity index (χ4v) is 3.41. The summed E-state index contributed by atoms with van der Waals surface area (Å²) in [5.41, 5.74) is 5.34. The van der Waals surface area contributed by atoms with E-state index in [4.69, 9.17) is 4.42 Å². The van der Waals surface area contributed by atoms with Crippen molar-refractivity contribution in [3.05, 3.63) is 77.4 Å². The zero-order chi connectivity index (χ0) is 18.2. The van der Waals surface area contributed by atoms with Gasteiger partial charge in [0.1, 0.15) is 11.3 Å². The molecule has 0 fully saturated rings. The summed E-state index contributed by atoms with van der Waals surface area (Å²) in [5.74, 6) is 0.772. The van der Waals surface area contributed by atoms with Crippen LogP contribution in [0.5, 0.6) is 0 Å². The molecule has 2 N–H and O–H groups in total. The van der Waals surface area contributed by atoms with Crippen molar-refractivity contribution < 1.29 is 9.21 Å². The van der Waals surface area contributed by atoms with Gasteiger partial charge in [-0.2, -0.15) is 0 Å². The van der Waals surface area contributed by atoms with Gasteiger partial charge in [0, 0.05) is 41.5 Å². The first-order chi connectivity index (χ1) is 13.3. The topological polar surface area (TPSA) is 70.9 Å². The third-order valence-electron chi connectivity index (χ3n) is 4.76. The molecule has 4 aromatic rings. The molecule has 0 saturated heterocycles. The molecule has 5 heteroatoms. The molecule has 0 saturated carbocycles. The summed E-state index contributed by atoms with van der Waals surface area (Å²) >= 11 is 0. The molecule has 0 radical (unpaired) electrons. The fourth-order valence-electron chi connectivity index (χ4n) is 3.41. The third-order valence-corrected chi connectivity index (χ3v) is 4.76. The highest BCUT2D eigenvalue weighted by molar-refractivity contribution is 5.97. The highest BCUT2D eigenvalue weighted by atomic mass is 16.3. The van der Waals surface area contributed by atoms with E-state index in [1.54, 1.807) is 6.20 Å². The number of hydrogen-bond acceptors (Lipinski definition) is 3. The summed E-state index contributed by atoms with van der Waals surface area (Å²) in [6.07, 6.45) is 6.44. The maximum atomic E-state index is 12.0. The smallest absolute Gasteiger partial charge is 0.253 e. The molecule has 1 aliphatic rings. The van der Waals surface area contributed by atoms with Crippen LogP contribution in [0.1, 0.15) is 27.5 Å². The van der Waals surface area contributed by atoms with Crippen molar-refractivity contribution in [1.29, 1.82) is 0 Å². The zero-order valence-corrected chi connectivity index (χ0v) is 14.5. The second-order valence-electron chi connectivity index (χ2n) is 6.57. The van der Waals surface area contributed by atoms with Crippen molar-refractivity contribution in [3.8, 4) is 11.3 Å². The van der Waals surface area contributed by atoms with E-state index in [-0.39, 0.29) is 5.91 Å². The Kier molecular flexibility index (Phi) is 3.64. The normalized spacial score (nSPS) is 13.9. The van der Waals surface area contributed by atoms with Gasteiger partial charge in [-0.1, -0.05) is 18.2 Å². The van der Waals surface area contributed by atoms with Gasteiger partial charge in [0.2, 0.25) is 0 Å². The molecule has 0 spiro atoms. The van der Waals surface area contributed by atoms with Crippen LogP contribution in [-0.4, -0.2) is 22.4 Å². The number of H-pyrrole nitrogens is 1. The molecule has 1 aliphatic heterocycles. The third kappa shape index (κ3) is 2.93. The molecule has 27 heavy (non-hydrogen) atoms. The van der Waals surface area contributed by atoms with E-state index in [1.807, 2.05) is 60.7 Å². The molecule has 0 atom stereocenters. The van der Waals surface area contributed by atoms with Crippen LogP contribution in [0.2, 0.25) is 0 Å². The monoisotopic (exact) mass is 355 g/mol. The molecule has 132 valence electrons. The molecule has 0 bridgehead atoms. The van der Waals surface area contributed by atoms with Gasteiger partial charge in [-0.3, -0.25) is 9.78 Å². The van der Waals surface area contributed by atoms with Crippen LogP contribution < -0.4 is 5.32 Å². The van der Waals surface area contributed by atoms with Crippen LogP contribution >= 0.6 is 0 Å². The van der Waals surface area contributed by atoms with Gasteiger partial charge < -0.3 is 14.7 Å². The molecule has 4 heterocycles. The van der Waals surface area contributed by atoms with E-state index in [0.29, 0.717) is 6.54 Å². The van der Waals surface area contributed by atoms with E-state index >= 15 is 0 Å². The molecule has 0 unspecified atom stereocenters. The van der Waals surface area contributed by atoms with Gasteiger partial charge in [-0.05, 0) is 42.5 Å². The quantitative estimate of drug-likeness (QED) is 0.576. The van der Waals surface area contributed by atoms with E-state index in [9.17, 15) is 4.79 Å². The maximum Gasteiger partial charge on any atom is 0.253 e. The summed E-state index contributed by atoms with van der Waals surface area (Å²) in [6.45, 7) is 0.674. The van der Waals surface area contributed by atoms with Crippen molar-refractivity contribution in [2.45, 2.75) is 6.42 Å². The number of benzene rings is 1. The number of para-hydroxylation sites is 1. The average Bonchev–Trinajstić information content (AvgIpc) is 3.31.